The molecule has 0 aromatic rings. The van der Waals surface area contributed by atoms with E-state index in [1.165, 1.54) is 0 Å². The summed E-state index contributed by atoms with van der Waals surface area (Å²) in [5.41, 5.74) is 8.17. The van der Waals surface area contributed by atoms with Crippen LogP contribution in [0.4, 0.5) is 0 Å². The van der Waals surface area contributed by atoms with E-state index in [4.69, 9.17) is 5.53 Å². The van der Waals surface area contributed by atoms with Crippen LogP contribution in [0.3, 0.4) is 0 Å². The molecule has 1 saturated heterocycles. The van der Waals surface area contributed by atoms with Crippen molar-refractivity contribution in [3.05, 3.63) is 10.4 Å². The van der Waals surface area contributed by atoms with Gasteiger partial charge in [-0.05, 0) is 18.5 Å². The van der Waals surface area contributed by atoms with Gasteiger partial charge in [0, 0.05) is 35.3 Å². The van der Waals surface area contributed by atoms with Gasteiger partial charge in [-0.1, -0.05) is 12.0 Å². The van der Waals surface area contributed by atoms with Crippen molar-refractivity contribution in [1.29, 1.82) is 0 Å². The zero-order valence-corrected chi connectivity index (χ0v) is 11.6. The Kier molecular flexibility index (Phi) is 6.11. The molecule has 0 aromatic heterocycles. The van der Waals surface area contributed by atoms with Crippen molar-refractivity contribution in [2.24, 2.45) is 5.11 Å². The fraction of sp³-hybridized carbons (Fsp3) is 1.00. The molecular weight excluding hydrogens is 260 g/mol. The molecular formula is C9H18N4O2S2. The van der Waals surface area contributed by atoms with Gasteiger partial charge in [-0.15, -0.1) is 0 Å². The van der Waals surface area contributed by atoms with Crippen LogP contribution in [0.25, 0.3) is 10.4 Å². The van der Waals surface area contributed by atoms with Gasteiger partial charge in [-0.25, -0.2) is 8.42 Å². The van der Waals surface area contributed by atoms with Gasteiger partial charge in [0.1, 0.15) is 5.37 Å². The predicted octanol–water partition coefficient (Wildman–Crippen LogP) is 1.50. The largest absolute Gasteiger partial charge is 0.286 e. The summed E-state index contributed by atoms with van der Waals surface area (Å²) in [7, 11) is -3.01. The molecule has 6 nitrogen and oxygen atoms in total. The van der Waals surface area contributed by atoms with E-state index < -0.39 is 9.84 Å². The summed E-state index contributed by atoms with van der Waals surface area (Å²) in [6.07, 6.45) is 0.713. The van der Waals surface area contributed by atoms with Crippen molar-refractivity contribution < 1.29 is 8.42 Å². The van der Waals surface area contributed by atoms with Gasteiger partial charge in [-0.3, -0.25) is 4.90 Å². The minimum atomic E-state index is -3.01. The molecule has 1 aliphatic rings. The number of sulfone groups is 1. The van der Waals surface area contributed by atoms with Crippen LogP contribution < -0.4 is 0 Å². The van der Waals surface area contributed by atoms with Crippen LogP contribution in [0.1, 0.15) is 13.3 Å². The molecule has 8 heteroatoms. The Hall–Kier alpha value is -0.430. The highest BCUT2D eigenvalue weighted by Gasteiger charge is 2.32. The first-order valence-corrected chi connectivity index (χ1v) is 8.53. The van der Waals surface area contributed by atoms with Crippen LogP contribution in [0.2, 0.25) is 0 Å². The Morgan fingerprint density at radius 3 is 3.00 bits per heavy atom. The number of nitrogens with zero attached hydrogens (tertiary/aromatic N) is 4. The summed E-state index contributed by atoms with van der Waals surface area (Å²) >= 11 is 1.69. The molecule has 1 aliphatic heterocycles. The van der Waals surface area contributed by atoms with E-state index >= 15 is 0 Å². The van der Waals surface area contributed by atoms with Crippen LogP contribution in [-0.4, -0.2) is 55.6 Å². The van der Waals surface area contributed by atoms with Gasteiger partial charge < -0.3 is 0 Å². The van der Waals surface area contributed by atoms with Crippen molar-refractivity contribution in [3.8, 4) is 0 Å². The van der Waals surface area contributed by atoms with Crippen molar-refractivity contribution in [3.63, 3.8) is 0 Å². The average Bonchev–Trinajstić information content (AvgIpc) is 2.35. The molecule has 0 radical (unpaired) electrons. The van der Waals surface area contributed by atoms with Crippen LogP contribution in [0.5, 0.6) is 0 Å². The van der Waals surface area contributed by atoms with Crippen LogP contribution in [0.15, 0.2) is 5.11 Å². The minimum Gasteiger partial charge on any atom is -0.286 e. The standard InChI is InChI=1S/C9H18N4O2S2/c1-2-17(14,15)9-8-16-7-6-13(9)5-3-4-11-12-10/h9H,2-8H2,1H3. The first-order chi connectivity index (χ1) is 8.11. The molecule has 0 amide bonds. The highest BCUT2D eigenvalue weighted by atomic mass is 32.2. The molecule has 1 heterocycles. The fourth-order valence-corrected chi connectivity index (χ4v) is 4.89. The Labute approximate surface area is 106 Å². The predicted molar refractivity (Wildman–Crippen MR) is 70.8 cm³/mol. The first-order valence-electron chi connectivity index (χ1n) is 5.66. The van der Waals surface area contributed by atoms with Gasteiger partial charge in [0.15, 0.2) is 9.84 Å². The molecule has 0 bridgehead atoms. The highest BCUT2D eigenvalue weighted by Crippen LogP contribution is 2.21. The lowest BCUT2D eigenvalue weighted by Crippen LogP contribution is -2.48. The molecule has 98 valence electrons. The van der Waals surface area contributed by atoms with Gasteiger partial charge in [0.2, 0.25) is 0 Å². The number of hydrogen-bond acceptors (Lipinski definition) is 5. The van der Waals surface area contributed by atoms with Crippen molar-refractivity contribution in [2.75, 3.05) is 36.9 Å². The Bertz CT molecular complexity index is 378. The van der Waals surface area contributed by atoms with Gasteiger partial charge in [0.25, 0.3) is 0 Å². The van der Waals surface area contributed by atoms with Gasteiger partial charge in [-0.2, -0.15) is 11.8 Å². The maximum absolute atomic E-state index is 11.9. The zero-order valence-electron chi connectivity index (χ0n) is 9.95. The van der Waals surface area contributed by atoms with Gasteiger partial charge >= 0.3 is 0 Å². The van der Waals surface area contributed by atoms with E-state index in [0.717, 1.165) is 12.3 Å². The van der Waals surface area contributed by atoms with Crippen molar-refractivity contribution >= 4 is 21.6 Å². The third-order valence-electron chi connectivity index (χ3n) is 2.77. The van der Waals surface area contributed by atoms with E-state index in [-0.39, 0.29) is 11.1 Å². The van der Waals surface area contributed by atoms with Gasteiger partial charge in [0.05, 0.1) is 0 Å². The summed E-state index contributed by atoms with van der Waals surface area (Å²) in [6.45, 7) is 3.60. The number of rotatable bonds is 6. The lowest BCUT2D eigenvalue weighted by atomic mass is 10.3. The molecule has 17 heavy (non-hydrogen) atoms. The Morgan fingerprint density at radius 1 is 1.59 bits per heavy atom. The highest BCUT2D eigenvalue weighted by molar-refractivity contribution is 8.01. The Morgan fingerprint density at radius 2 is 2.35 bits per heavy atom. The SMILES string of the molecule is CCS(=O)(=O)C1CSCCN1CCCN=[N+]=[N-]. The third-order valence-corrected chi connectivity index (χ3v) is 6.11. The smallest absolute Gasteiger partial charge is 0.166 e. The van der Waals surface area contributed by atoms with E-state index in [9.17, 15) is 8.42 Å². The monoisotopic (exact) mass is 278 g/mol. The van der Waals surface area contributed by atoms with Crippen LogP contribution in [0, 0.1) is 0 Å². The number of hydrogen-bond donors (Lipinski definition) is 0. The normalized spacial score (nSPS) is 22.1. The van der Waals surface area contributed by atoms with Crippen LogP contribution in [-0.2, 0) is 9.84 Å². The lowest BCUT2D eigenvalue weighted by molar-refractivity contribution is 0.268. The third kappa shape index (κ3) is 4.39. The molecule has 0 aromatic carbocycles. The number of thioether (sulfide) groups is 1. The van der Waals surface area contributed by atoms with Crippen molar-refractivity contribution in [1.82, 2.24) is 4.90 Å². The summed E-state index contributed by atoms with van der Waals surface area (Å²) in [6, 6.07) is 0. The topological polar surface area (TPSA) is 86.1 Å². The van der Waals surface area contributed by atoms with E-state index in [1.807, 2.05) is 4.90 Å². The zero-order chi connectivity index (χ0) is 12.7. The molecule has 0 aliphatic carbocycles. The van der Waals surface area contributed by atoms with E-state index in [0.29, 0.717) is 25.3 Å². The lowest BCUT2D eigenvalue weighted by Gasteiger charge is -2.34. The average molecular weight is 278 g/mol. The maximum Gasteiger partial charge on any atom is 0.166 e. The summed E-state index contributed by atoms with van der Waals surface area (Å²) in [5, 5.41) is 3.10. The fourth-order valence-electron chi connectivity index (χ4n) is 1.78. The second kappa shape index (κ2) is 7.10. The molecule has 1 atom stereocenters. The van der Waals surface area contributed by atoms with E-state index in [2.05, 4.69) is 10.0 Å². The molecule has 0 N–H and O–H groups in total. The quantitative estimate of drug-likeness (QED) is 0.319. The van der Waals surface area contributed by atoms with Crippen molar-refractivity contribution in [2.45, 2.75) is 18.7 Å². The van der Waals surface area contributed by atoms with E-state index in [1.54, 1.807) is 18.7 Å². The Balaban J connectivity index is 2.57. The summed E-state index contributed by atoms with van der Waals surface area (Å²) in [5.74, 6) is 1.81. The molecule has 1 unspecified atom stereocenters. The molecule has 0 saturated carbocycles. The maximum atomic E-state index is 11.9. The molecule has 1 fully saturated rings. The minimum absolute atomic E-state index is 0.186. The summed E-state index contributed by atoms with van der Waals surface area (Å²) < 4.78 is 23.8. The summed E-state index contributed by atoms with van der Waals surface area (Å²) in [4.78, 5) is 4.69. The first kappa shape index (κ1) is 14.6. The molecule has 0 spiro atoms. The molecule has 1 rings (SSSR count). The van der Waals surface area contributed by atoms with Crippen LogP contribution >= 0.6 is 11.8 Å². The second-order valence-corrected chi connectivity index (χ2v) is 7.42. The number of azide groups is 1. The second-order valence-electron chi connectivity index (χ2n) is 3.83.